The topological polar surface area (TPSA) is 61.2 Å². The molecule has 1 aliphatic heterocycles. The van der Waals surface area contributed by atoms with E-state index < -0.39 is 0 Å². The molecule has 2 aromatic rings. The molecule has 23 heavy (non-hydrogen) atoms. The van der Waals surface area contributed by atoms with Crippen LogP contribution in [-0.2, 0) is 17.8 Å². The van der Waals surface area contributed by atoms with Crippen LogP contribution in [0.5, 0.6) is 0 Å². The Labute approximate surface area is 136 Å². The Morgan fingerprint density at radius 2 is 1.91 bits per heavy atom. The van der Waals surface area contributed by atoms with Gasteiger partial charge in [-0.3, -0.25) is 0 Å². The molecular formula is C18H20N4O. The highest BCUT2D eigenvalue weighted by Gasteiger charge is 2.15. The van der Waals surface area contributed by atoms with E-state index in [1.807, 2.05) is 36.5 Å². The summed E-state index contributed by atoms with van der Waals surface area (Å²) in [6.07, 6.45) is 1.84. The lowest BCUT2D eigenvalue weighted by atomic mass is 10.1. The van der Waals surface area contributed by atoms with Crippen molar-refractivity contribution in [1.29, 1.82) is 5.26 Å². The Hall–Kier alpha value is -2.42. The van der Waals surface area contributed by atoms with Gasteiger partial charge in [-0.05, 0) is 23.8 Å². The first-order valence-electron chi connectivity index (χ1n) is 7.83. The van der Waals surface area contributed by atoms with Crippen molar-refractivity contribution in [3.8, 4) is 6.07 Å². The lowest BCUT2D eigenvalue weighted by Crippen LogP contribution is -2.37. The lowest BCUT2D eigenvalue weighted by molar-refractivity contribution is 0.122. The van der Waals surface area contributed by atoms with Crippen molar-refractivity contribution < 1.29 is 4.74 Å². The summed E-state index contributed by atoms with van der Waals surface area (Å²) in [6, 6.07) is 13.9. The van der Waals surface area contributed by atoms with E-state index in [0.717, 1.165) is 45.2 Å². The average Bonchev–Trinajstić information content (AvgIpc) is 2.63. The lowest BCUT2D eigenvalue weighted by Gasteiger charge is -2.29. The minimum Gasteiger partial charge on any atom is -0.378 e. The zero-order valence-corrected chi connectivity index (χ0v) is 13.0. The number of benzene rings is 1. The van der Waals surface area contributed by atoms with Gasteiger partial charge in [0.25, 0.3) is 0 Å². The van der Waals surface area contributed by atoms with Crippen LogP contribution in [0, 0.1) is 11.3 Å². The molecule has 0 radical (unpaired) electrons. The molecule has 118 valence electrons. The van der Waals surface area contributed by atoms with Crippen LogP contribution in [-0.4, -0.2) is 31.3 Å². The van der Waals surface area contributed by atoms with E-state index in [4.69, 9.17) is 10.00 Å². The van der Waals surface area contributed by atoms with Crippen LogP contribution in [0.25, 0.3) is 0 Å². The van der Waals surface area contributed by atoms with Crippen molar-refractivity contribution in [3.63, 3.8) is 0 Å². The van der Waals surface area contributed by atoms with E-state index in [9.17, 15) is 0 Å². The quantitative estimate of drug-likeness (QED) is 0.916. The standard InChI is InChI=1S/C18H20N4O/c19-12-15-3-5-16(6-4-15)13-20-14-17-2-1-7-21-18(17)22-8-10-23-11-9-22/h1-7,20H,8-11,13-14H2. The van der Waals surface area contributed by atoms with E-state index in [2.05, 4.69) is 27.3 Å². The fraction of sp³-hybridized carbons (Fsp3) is 0.333. The summed E-state index contributed by atoms with van der Waals surface area (Å²) >= 11 is 0. The van der Waals surface area contributed by atoms with Crippen LogP contribution in [0.3, 0.4) is 0 Å². The highest BCUT2D eigenvalue weighted by Crippen LogP contribution is 2.18. The van der Waals surface area contributed by atoms with Crippen molar-refractivity contribution in [1.82, 2.24) is 10.3 Å². The molecule has 5 heteroatoms. The van der Waals surface area contributed by atoms with Gasteiger partial charge in [-0.1, -0.05) is 18.2 Å². The normalized spacial score (nSPS) is 14.5. The molecule has 1 fully saturated rings. The predicted octanol–water partition coefficient (Wildman–Crippen LogP) is 2.08. The van der Waals surface area contributed by atoms with Crippen LogP contribution in [0.4, 0.5) is 5.82 Å². The van der Waals surface area contributed by atoms with Gasteiger partial charge < -0.3 is 15.0 Å². The summed E-state index contributed by atoms with van der Waals surface area (Å²) in [4.78, 5) is 6.83. The molecular weight excluding hydrogens is 288 g/mol. The summed E-state index contributed by atoms with van der Waals surface area (Å²) in [7, 11) is 0. The van der Waals surface area contributed by atoms with Gasteiger partial charge in [0.2, 0.25) is 0 Å². The first-order chi connectivity index (χ1) is 11.4. The molecule has 1 saturated heterocycles. The van der Waals surface area contributed by atoms with E-state index in [1.165, 1.54) is 11.1 Å². The second-order valence-electron chi connectivity index (χ2n) is 5.50. The molecule has 3 rings (SSSR count). The Morgan fingerprint density at radius 1 is 1.13 bits per heavy atom. The van der Waals surface area contributed by atoms with Crippen LogP contribution >= 0.6 is 0 Å². The fourth-order valence-corrected chi connectivity index (χ4v) is 2.67. The maximum atomic E-state index is 8.82. The third-order valence-corrected chi connectivity index (χ3v) is 3.91. The molecule has 5 nitrogen and oxygen atoms in total. The first-order valence-corrected chi connectivity index (χ1v) is 7.83. The molecule has 0 unspecified atom stereocenters. The largest absolute Gasteiger partial charge is 0.378 e. The Balaban J connectivity index is 1.60. The zero-order chi connectivity index (χ0) is 15.9. The van der Waals surface area contributed by atoms with Crippen molar-refractivity contribution in [2.24, 2.45) is 0 Å². The highest BCUT2D eigenvalue weighted by molar-refractivity contribution is 5.47. The maximum absolute atomic E-state index is 8.82. The van der Waals surface area contributed by atoms with Crippen LogP contribution < -0.4 is 10.2 Å². The molecule has 1 aromatic heterocycles. The maximum Gasteiger partial charge on any atom is 0.133 e. The number of pyridine rings is 1. The van der Waals surface area contributed by atoms with Crippen LogP contribution in [0.1, 0.15) is 16.7 Å². The monoisotopic (exact) mass is 308 g/mol. The highest BCUT2D eigenvalue weighted by atomic mass is 16.5. The van der Waals surface area contributed by atoms with E-state index in [0.29, 0.717) is 5.56 Å². The summed E-state index contributed by atoms with van der Waals surface area (Å²) in [5.74, 6) is 1.04. The number of aromatic nitrogens is 1. The van der Waals surface area contributed by atoms with Crippen molar-refractivity contribution in [2.75, 3.05) is 31.2 Å². The number of anilines is 1. The van der Waals surface area contributed by atoms with Gasteiger partial charge in [0.15, 0.2) is 0 Å². The van der Waals surface area contributed by atoms with Gasteiger partial charge in [-0.2, -0.15) is 5.26 Å². The molecule has 0 atom stereocenters. The first kappa shape index (κ1) is 15.5. The Morgan fingerprint density at radius 3 is 2.65 bits per heavy atom. The molecule has 0 amide bonds. The smallest absolute Gasteiger partial charge is 0.133 e. The minimum atomic E-state index is 0.690. The second-order valence-corrected chi connectivity index (χ2v) is 5.50. The molecule has 0 spiro atoms. The Bertz CT molecular complexity index is 672. The number of hydrogen-bond donors (Lipinski definition) is 1. The van der Waals surface area contributed by atoms with E-state index in [1.54, 1.807) is 0 Å². The number of rotatable bonds is 5. The second kappa shape index (κ2) is 7.73. The number of ether oxygens (including phenoxy) is 1. The third-order valence-electron chi connectivity index (χ3n) is 3.91. The minimum absolute atomic E-state index is 0.690. The number of hydrogen-bond acceptors (Lipinski definition) is 5. The molecule has 0 bridgehead atoms. The number of nitriles is 1. The molecule has 1 aromatic carbocycles. The van der Waals surface area contributed by atoms with Gasteiger partial charge in [-0.25, -0.2) is 4.98 Å². The number of nitrogens with zero attached hydrogens (tertiary/aromatic N) is 3. The molecule has 1 N–H and O–H groups in total. The summed E-state index contributed by atoms with van der Waals surface area (Å²) in [5.41, 5.74) is 3.06. The summed E-state index contributed by atoms with van der Waals surface area (Å²) in [5, 5.41) is 12.3. The number of morpholine rings is 1. The van der Waals surface area contributed by atoms with Crippen molar-refractivity contribution in [2.45, 2.75) is 13.1 Å². The zero-order valence-electron chi connectivity index (χ0n) is 13.0. The van der Waals surface area contributed by atoms with Gasteiger partial charge >= 0.3 is 0 Å². The van der Waals surface area contributed by atoms with Gasteiger partial charge in [-0.15, -0.1) is 0 Å². The summed E-state index contributed by atoms with van der Waals surface area (Å²) in [6.45, 7) is 4.83. The number of nitrogens with one attached hydrogen (secondary N) is 1. The molecule has 2 heterocycles. The Kier molecular flexibility index (Phi) is 5.20. The van der Waals surface area contributed by atoms with Gasteiger partial charge in [0.05, 0.1) is 24.8 Å². The SMILES string of the molecule is N#Cc1ccc(CNCc2cccnc2N2CCOCC2)cc1. The van der Waals surface area contributed by atoms with E-state index >= 15 is 0 Å². The third kappa shape index (κ3) is 4.07. The van der Waals surface area contributed by atoms with Crippen LogP contribution in [0.15, 0.2) is 42.6 Å². The molecule has 1 aliphatic rings. The molecule has 0 aliphatic carbocycles. The average molecular weight is 308 g/mol. The van der Waals surface area contributed by atoms with Gasteiger partial charge in [0, 0.05) is 37.9 Å². The van der Waals surface area contributed by atoms with Crippen molar-refractivity contribution >= 4 is 5.82 Å². The summed E-state index contributed by atoms with van der Waals surface area (Å²) < 4.78 is 5.41. The molecule has 0 saturated carbocycles. The van der Waals surface area contributed by atoms with Gasteiger partial charge in [0.1, 0.15) is 5.82 Å². The van der Waals surface area contributed by atoms with Crippen LogP contribution in [0.2, 0.25) is 0 Å². The van der Waals surface area contributed by atoms with E-state index in [-0.39, 0.29) is 0 Å². The predicted molar refractivity (Wildman–Crippen MR) is 89.0 cm³/mol. The van der Waals surface area contributed by atoms with Crippen molar-refractivity contribution in [3.05, 3.63) is 59.3 Å². The fourth-order valence-electron chi connectivity index (χ4n) is 2.67.